The highest BCUT2D eigenvalue weighted by Gasteiger charge is 2.20. The molecular weight excluding hydrogens is 459 g/mol. The van der Waals surface area contributed by atoms with Crippen LogP contribution in [-0.4, -0.2) is 37.0 Å². The van der Waals surface area contributed by atoms with Crippen LogP contribution >= 0.6 is 0 Å². The smallest absolute Gasteiger partial charge is 0.278 e. The third kappa shape index (κ3) is 3.64. The number of carbonyl (C=O) groups is 1. The van der Waals surface area contributed by atoms with Gasteiger partial charge in [-0.15, -0.1) is 0 Å². The Hall–Kier alpha value is -4.74. The normalized spacial score (nSPS) is 12.5. The molecule has 1 N–H and O–H groups in total. The summed E-state index contributed by atoms with van der Waals surface area (Å²) >= 11 is 0. The van der Waals surface area contributed by atoms with Gasteiger partial charge in [-0.25, -0.2) is 9.37 Å². The van der Waals surface area contributed by atoms with Crippen LogP contribution in [0.25, 0.3) is 21.9 Å². The van der Waals surface area contributed by atoms with Crippen LogP contribution in [0.3, 0.4) is 0 Å². The van der Waals surface area contributed by atoms with Crippen molar-refractivity contribution in [3.8, 4) is 11.5 Å². The number of nitrogens with zero attached hydrogens (tertiary/aromatic N) is 5. The van der Waals surface area contributed by atoms with Crippen LogP contribution in [0.1, 0.15) is 11.7 Å². The maximum absolute atomic E-state index is 14.1. The molecule has 0 saturated heterocycles. The molecule has 3 aromatic heterocycles. The lowest BCUT2D eigenvalue weighted by molar-refractivity contribution is -0.116. The zero-order valence-electron chi connectivity index (χ0n) is 18.3. The topological polar surface area (TPSA) is 126 Å². The van der Waals surface area contributed by atoms with Crippen molar-refractivity contribution in [3.05, 3.63) is 70.6 Å². The van der Waals surface area contributed by atoms with Gasteiger partial charge in [0.25, 0.3) is 5.56 Å². The number of aromatic nitrogens is 5. The molecule has 1 aliphatic rings. The molecular formula is C23H17FN6O5. The van der Waals surface area contributed by atoms with Gasteiger partial charge in [0.05, 0.1) is 11.8 Å². The molecule has 6 rings (SSSR count). The minimum atomic E-state index is -0.478. The Morgan fingerprint density at radius 1 is 1.17 bits per heavy atom. The number of benzene rings is 2. The molecule has 176 valence electrons. The Labute approximate surface area is 195 Å². The summed E-state index contributed by atoms with van der Waals surface area (Å²) in [4.78, 5) is 34.9. The first kappa shape index (κ1) is 20.8. The molecule has 0 aliphatic carbocycles. The fourth-order valence-electron chi connectivity index (χ4n) is 4.12. The van der Waals surface area contributed by atoms with E-state index in [2.05, 4.69) is 20.4 Å². The molecule has 5 aromatic rings. The lowest BCUT2D eigenvalue weighted by atomic mass is 10.2. The van der Waals surface area contributed by atoms with Crippen LogP contribution in [0.15, 0.2) is 52.0 Å². The number of aryl methyl sites for hydroxylation is 1. The van der Waals surface area contributed by atoms with Gasteiger partial charge >= 0.3 is 0 Å². The van der Waals surface area contributed by atoms with E-state index in [1.54, 1.807) is 25.1 Å². The summed E-state index contributed by atoms with van der Waals surface area (Å²) in [6.07, 6.45) is 1.34. The predicted molar refractivity (Wildman–Crippen MR) is 121 cm³/mol. The SMILES string of the molecule is Cc1noc(Cn2cnc3c4cc(F)ccc4n(CC(=O)Nc4ccc5c(c4)OCO5)c3c2=O)n1. The number of amides is 1. The number of hydrogen-bond acceptors (Lipinski definition) is 8. The summed E-state index contributed by atoms with van der Waals surface area (Å²) < 4.78 is 32.6. The Kier molecular flexibility index (Phi) is 4.73. The van der Waals surface area contributed by atoms with E-state index in [-0.39, 0.29) is 31.3 Å². The number of nitrogens with one attached hydrogen (secondary N) is 1. The maximum atomic E-state index is 14.1. The first-order chi connectivity index (χ1) is 17.0. The van der Waals surface area contributed by atoms with Crippen molar-refractivity contribution in [1.82, 2.24) is 24.3 Å². The monoisotopic (exact) mass is 476 g/mol. The number of fused-ring (bicyclic) bond motifs is 4. The Bertz CT molecular complexity index is 1690. The Morgan fingerprint density at radius 3 is 2.86 bits per heavy atom. The Balaban J connectivity index is 1.41. The van der Waals surface area contributed by atoms with Gasteiger partial charge in [-0.3, -0.25) is 14.2 Å². The fraction of sp³-hybridized carbons (Fsp3) is 0.174. The summed E-state index contributed by atoms with van der Waals surface area (Å²) in [7, 11) is 0. The van der Waals surface area contributed by atoms with Gasteiger partial charge < -0.3 is 23.9 Å². The van der Waals surface area contributed by atoms with Crippen molar-refractivity contribution in [3.63, 3.8) is 0 Å². The highest BCUT2D eigenvalue weighted by Crippen LogP contribution is 2.34. The molecule has 12 heteroatoms. The molecule has 0 unspecified atom stereocenters. The van der Waals surface area contributed by atoms with Crippen LogP contribution in [-0.2, 0) is 17.9 Å². The zero-order valence-corrected chi connectivity index (χ0v) is 18.3. The third-order valence-electron chi connectivity index (χ3n) is 5.62. The molecule has 2 aromatic carbocycles. The molecule has 1 aliphatic heterocycles. The standard InChI is InChI=1S/C23H17FN6O5/c1-12-26-20(35-28-12)9-29-10-25-21-15-6-13(24)2-4-16(15)30(22(21)23(29)32)8-19(31)27-14-3-5-17-18(7-14)34-11-33-17/h2-7,10H,8-9,11H2,1H3,(H,27,31). The minimum absolute atomic E-state index is 0.00188. The first-order valence-corrected chi connectivity index (χ1v) is 10.6. The molecule has 0 fully saturated rings. The molecule has 0 atom stereocenters. The van der Waals surface area contributed by atoms with Crippen molar-refractivity contribution in [1.29, 1.82) is 0 Å². The quantitative estimate of drug-likeness (QED) is 0.410. The molecule has 0 saturated carbocycles. The van der Waals surface area contributed by atoms with E-state index in [1.165, 1.54) is 33.7 Å². The van der Waals surface area contributed by atoms with E-state index < -0.39 is 17.3 Å². The van der Waals surface area contributed by atoms with Crippen LogP contribution in [0.4, 0.5) is 10.1 Å². The number of anilines is 1. The van der Waals surface area contributed by atoms with Crippen LogP contribution in [0.2, 0.25) is 0 Å². The zero-order chi connectivity index (χ0) is 24.1. The maximum Gasteiger partial charge on any atom is 0.278 e. The van der Waals surface area contributed by atoms with Crippen molar-refractivity contribution < 1.29 is 23.2 Å². The van der Waals surface area contributed by atoms with Gasteiger partial charge in [-0.2, -0.15) is 4.98 Å². The van der Waals surface area contributed by atoms with Gasteiger partial charge in [0.15, 0.2) is 17.3 Å². The van der Waals surface area contributed by atoms with E-state index in [0.29, 0.717) is 39.4 Å². The highest BCUT2D eigenvalue weighted by molar-refractivity contribution is 6.06. The molecule has 0 radical (unpaired) electrons. The first-order valence-electron chi connectivity index (χ1n) is 10.6. The predicted octanol–water partition coefficient (Wildman–Crippen LogP) is 2.60. The number of ether oxygens (including phenoxy) is 2. The number of halogens is 1. The largest absolute Gasteiger partial charge is 0.454 e. The summed E-state index contributed by atoms with van der Waals surface area (Å²) in [5.41, 5.74) is 1.02. The van der Waals surface area contributed by atoms with Gasteiger partial charge in [0, 0.05) is 17.1 Å². The van der Waals surface area contributed by atoms with Gasteiger partial charge in [0.1, 0.15) is 29.9 Å². The number of hydrogen-bond donors (Lipinski definition) is 1. The van der Waals surface area contributed by atoms with Crippen molar-refractivity contribution in [2.24, 2.45) is 0 Å². The number of carbonyl (C=O) groups excluding carboxylic acids is 1. The lowest BCUT2D eigenvalue weighted by Gasteiger charge is -2.10. The molecule has 11 nitrogen and oxygen atoms in total. The second-order valence-electron chi connectivity index (χ2n) is 7.97. The molecule has 0 spiro atoms. The van der Waals surface area contributed by atoms with E-state index in [4.69, 9.17) is 14.0 Å². The van der Waals surface area contributed by atoms with E-state index in [9.17, 15) is 14.0 Å². The van der Waals surface area contributed by atoms with Crippen LogP contribution in [0.5, 0.6) is 11.5 Å². The van der Waals surface area contributed by atoms with Gasteiger partial charge in [0.2, 0.25) is 18.6 Å². The van der Waals surface area contributed by atoms with Crippen molar-refractivity contribution in [2.45, 2.75) is 20.0 Å². The Morgan fingerprint density at radius 2 is 2.03 bits per heavy atom. The third-order valence-corrected chi connectivity index (χ3v) is 5.62. The number of rotatable bonds is 5. The summed E-state index contributed by atoms with van der Waals surface area (Å²) in [6, 6.07) is 9.12. The van der Waals surface area contributed by atoms with Crippen LogP contribution < -0.4 is 20.3 Å². The molecule has 0 bridgehead atoms. The summed E-state index contributed by atoms with van der Waals surface area (Å²) in [6.45, 7) is 1.58. The van der Waals surface area contributed by atoms with E-state index >= 15 is 0 Å². The average Bonchev–Trinajstić information content (AvgIpc) is 3.53. The lowest BCUT2D eigenvalue weighted by Crippen LogP contribution is -2.25. The van der Waals surface area contributed by atoms with E-state index in [0.717, 1.165) is 0 Å². The van der Waals surface area contributed by atoms with Crippen molar-refractivity contribution >= 4 is 33.5 Å². The van der Waals surface area contributed by atoms with Crippen molar-refractivity contribution in [2.75, 3.05) is 12.1 Å². The van der Waals surface area contributed by atoms with Gasteiger partial charge in [-0.05, 0) is 37.3 Å². The summed E-state index contributed by atoms with van der Waals surface area (Å²) in [5, 5.41) is 6.95. The fourth-order valence-corrected chi connectivity index (χ4v) is 4.12. The highest BCUT2D eigenvalue weighted by atomic mass is 19.1. The van der Waals surface area contributed by atoms with Crippen LogP contribution in [0, 0.1) is 12.7 Å². The minimum Gasteiger partial charge on any atom is -0.454 e. The van der Waals surface area contributed by atoms with E-state index in [1.807, 2.05) is 0 Å². The molecule has 4 heterocycles. The second kappa shape index (κ2) is 7.94. The average molecular weight is 476 g/mol. The molecule has 35 heavy (non-hydrogen) atoms. The second-order valence-corrected chi connectivity index (χ2v) is 7.97. The van der Waals surface area contributed by atoms with Gasteiger partial charge in [-0.1, -0.05) is 5.16 Å². The summed E-state index contributed by atoms with van der Waals surface area (Å²) in [5.74, 6) is 0.920. The molecule has 1 amide bonds.